The number of carbonyl (C=O) groups excluding carboxylic acids is 2. The van der Waals surface area contributed by atoms with Gasteiger partial charge in [-0.2, -0.15) is 13.2 Å². The third-order valence-corrected chi connectivity index (χ3v) is 3.79. The van der Waals surface area contributed by atoms with Crippen molar-refractivity contribution >= 4 is 11.8 Å². The first kappa shape index (κ1) is 21.9. The van der Waals surface area contributed by atoms with Crippen molar-refractivity contribution in [2.24, 2.45) is 0 Å². The predicted octanol–water partition coefficient (Wildman–Crippen LogP) is 2.26. The van der Waals surface area contributed by atoms with Crippen molar-refractivity contribution in [1.29, 1.82) is 0 Å². The van der Waals surface area contributed by atoms with Gasteiger partial charge >= 0.3 is 6.18 Å². The molecule has 0 aliphatic rings. The summed E-state index contributed by atoms with van der Waals surface area (Å²) in [5.41, 5.74) is -1.35. The minimum atomic E-state index is -4.71. The van der Waals surface area contributed by atoms with Crippen molar-refractivity contribution in [1.82, 2.24) is 15.1 Å². The standard InChI is InChI=1S/C17H23F4N3O2/c1-4-24(5-2)16(26)11-23(3)10-15(25)22-9-12-6-7-13(18)8-14(12)17(19,20)21/h6-8H,4-5,9-11H2,1-3H3,(H,22,25). The minimum Gasteiger partial charge on any atom is -0.351 e. The first-order chi connectivity index (χ1) is 12.1. The van der Waals surface area contributed by atoms with E-state index >= 15 is 0 Å². The average Bonchev–Trinajstić information content (AvgIpc) is 2.53. The highest BCUT2D eigenvalue weighted by Crippen LogP contribution is 2.32. The molecule has 0 aliphatic carbocycles. The SMILES string of the molecule is CCN(CC)C(=O)CN(C)CC(=O)NCc1ccc(F)cc1C(F)(F)F. The highest BCUT2D eigenvalue weighted by molar-refractivity contribution is 5.81. The summed E-state index contributed by atoms with van der Waals surface area (Å²) in [4.78, 5) is 27.0. The Balaban J connectivity index is 2.61. The van der Waals surface area contributed by atoms with E-state index in [9.17, 15) is 27.2 Å². The van der Waals surface area contributed by atoms with E-state index in [-0.39, 0.29) is 31.1 Å². The van der Waals surface area contributed by atoms with Gasteiger partial charge in [0.2, 0.25) is 11.8 Å². The Hall–Kier alpha value is -2.16. The monoisotopic (exact) mass is 377 g/mol. The van der Waals surface area contributed by atoms with Crippen molar-refractivity contribution < 1.29 is 27.2 Å². The van der Waals surface area contributed by atoms with Crippen LogP contribution in [0.4, 0.5) is 17.6 Å². The molecule has 0 fully saturated rings. The van der Waals surface area contributed by atoms with Crippen molar-refractivity contribution in [3.05, 3.63) is 35.1 Å². The van der Waals surface area contributed by atoms with E-state index < -0.39 is 23.5 Å². The van der Waals surface area contributed by atoms with E-state index in [0.29, 0.717) is 19.2 Å². The van der Waals surface area contributed by atoms with Crippen LogP contribution in [0.5, 0.6) is 0 Å². The van der Waals surface area contributed by atoms with Crippen molar-refractivity contribution in [2.75, 3.05) is 33.2 Å². The van der Waals surface area contributed by atoms with Crippen molar-refractivity contribution in [3.8, 4) is 0 Å². The molecule has 26 heavy (non-hydrogen) atoms. The summed E-state index contributed by atoms with van der Waals surface area (Å²) < 4.78 is 51.8. The van der Waals surface area contributed by atoms with Gasteiger partial charge in [0, 0.05) is 19.6 Å². The van der Waals surface area contributed by atoms with Crippen LogP contribution in [0.2, 0.25) is 0 Å². The van der Waals surface area contributed by atoms with E-state index in [1.165, 1.54) is 4.90 Å². The molecule has 0 atom stereocenters. The van der Waals surface area contributed by atoms with E-state index in [1.54, 1.807) is 11.9 Å². The van der Waals surface area contributed by atoms with Crippen LogP contribution >= 0.6 is 0 Å². The zero-order chi connectivity index (χ0) is 19.9. The Morgan fingerprint density at radius 1 is 1.12 bits per heavy atom. The molecule has 0 unspecified atom stereocenters. The highest BCUT2D eigenvalue weighted by Gasteiger charge is 2.33. The maximum absolute atomic E-state index is 13.1. The topological polar surface area (TPSA) is 52.7 Å². The first-order valence-corrected chi connectivity index (χ1v) is 8.17. The summed E-state index contributed by atoms with van der Waals surface area (Å²) in [5.74, 6) is -1.66. The smallest absolute Gasteiger partial charge is 0.351 e. The largest absolute Gasteiger partial charge is 0.416 e. The second kappa shape index (κ2) is 9.51. The minimum absolute atomic E-state index is 0.0272. The second-order valence-electron chi connectivity index (χ2n) is 5.81. The molecule has 0 saturated heterocycles. The van der Waals surface area contributed by atoms with Gasteiger partial charge in [-0.1, -0.05) is 6.07 Å². The molecule has 0 spiro atoms. The van der Waals surface area contributed by atoms with Crippen LogP contribution in [0, 0.1) is 5.82 Å². The molecule has 1 aromatic rings. The fourth-order valence-corrected chi connectivity index (χ4v) is 2.42. The fourth-order valence-electron chi connectivity index (χ4n) is 2.42. The molecule has 9 heteroatoms. The van der Waals surface area contributed by atoms with E-state index in [4.69, 9.17) is 0 Å². The van der Waals surface area contributed by atoms with Gasteiger partial charge in [0.1, 0.15) is 5.82 Å². The molecule has 0 aromatic heterocycles. The van der Waals surface area contributed by atoms with Crippen LogP contribution in [0.25, 0.3) is 0 Å². The molecule has 0 heterocycles. The van der Waals surface area contributed by atoms with Crippen LogP contribution in [0.15, 0.2) is 18.2 Å². The Kier molecular flexibility index (Phi) is 8.01. The number of nitrogens with one attached hydrogen (secondary N) is 1. The zero-order valence-electron chi connectivity index (χ0n) is 15.0. The number of carbonyl (C=O) groups is 2. The van der Waals surface area contributed by atoms with E-state index in [0.717, 1.165) is 12.1 Å². The number of hydrogen-bond acceptors (Lipinski definition) is 3. The summed E-state index contributed by atoms with van der Waals surface area (Å²) in [7, 11) is 1.57. The lowest BCUT2D eigenvalue weighted by molar-refractivity contribution is -0.139. The van der Waals surface area contributed by atoms with Crippen LogP contribution in [0.3, 0.4) is 0 Å². The van der Waals surface area contributed by atoms with Crippen LogP contribution < -0.4 is 5.32 Å². The number of amides is 2. The Labute approximate surface area is 150 Å². The molecule has 0 saturated carbocycles. The molecule has 0 aliphatic heterocycles. The summed E-state index contributed by atoms with van der Waals surface area (Å²) in [6.45, 7) is 4.30. The lowest BCUT2D eigenvalue weighted by atomic mass is 10.1. The van der Waals surface area contributed by atoms with Crippen molar-refractivity contribution in [3.63, 3.8) is 0 Å². The molecule has 1 rings (SSSR count). The highest BCUT2D eigenvalue weighted by atomic mass is 19.4. The number of benzene rings is 1. The van der Waals surface area contributed by atoms with Crippen LogP contribution in [-0.2, 0) is 22.3 Å². The van der Waals surface area contributed by atoms with Gasteiger partial charge in [0.15, 0.2) is 0 Å². The first-order valence-electron chi connectivity index (χ1n) is 8.17. The van der Waals surface area contributed by atoms with E-state index in [1.807, 2.05) is 13.8 Å². The summed E-state index contributed by atoms with van der Waals surface area (Å²) in [5, 5.41) is 2.36. The Morgan fingerprint density at radius 2 is 1.73 bits per heavy atom. The summed E-state index contributed by atoms with van der Waals surface area (Å²) in [6.07, 6.45) is -4.71. The lowest BCUT2D eigenvalue weighted by Crippen LogP contribution is -2.42. The fraction of sp³-hybridized carbons (Fsp3) is 0.529. The van der Waals surface area contributed by atoms with Gasteiger partial charge in [0.05, 0.1) is 18.7 Å². The number of rotatable bonds is 8. The lowest BCUT2D eigenvalue weighted by Gasteiger charge is -2.22. The average molecular weight is 377 g/mol. The zero-order valence-corrected chi connectivity index (χ0v) is 15.0. The Bertz CT molecular complexity index is 631. The molecule has 0 radical (unpaired) electrons. The molecule has 5 nitrogen and oxygen atoms in total. The third kappa shape index (κ3) is 6.62. The maximum Gasteiger partial charge on any atom is 0.416 e. The van der Waals surface area contributed by atoms with E-state index in [2.05, 4.69) is 5.32 Å². The van der Waals surface area contributed by atoms with Gasteiger partial charge in [-0.25, -0.2) is 4.39 Å². The molecule has 2 amide bonds. The number of halogens is 4. The second-order valence-corrected chi connectivity index (χ2v) is 5.81. The predicted molar refractivity (Wildman–Crippen MR) is 88.7 cm³/mol. The third-order valence-electron chi connectivity index (χ3n) is 3.79. The molecule has 1 N–H and O–H groups in total. The molecule has 0 bridgehead atoms. The molecule has 1 aromatic carbocycles. The number of alkyl halides is 3. The van der Waals surface area contributed by atoms with Gasteiger partial charge in [-0.3, -0.25) is 14.5 Å². The number of nitrogens with zero attached hydrogens (tertiary/aromatic N) is 2. The van der Waals surface area contributed by atoms with Gasteiger partial charge in [0.25, 0.3) is 0 Å². The van der Waals surface area contributed by atoms with Crippen LogP contribution in [-0.4, -0.2) is 54.8 Å². The molecular weight excluding hydrogens is 354 g/mol. The Morgan fingerprint density at radius 3 is 2.27 bits per heavy atom. The summed E-state index contributed by atoms with van der Waals surface area (Å²) >= 11 is 0. The van der Waals surface area contributed by atoms with Gasteiger partial charge in [-0.15, -0.1) is 0 Å². The van der Waals surface area contributed by atoms with Crippen LogP contribution in [0.1, 0.15) is 25.0 Å². The number of likely N-dealkylation sites (N-methyl/N-ethyl adjacent to an activating group) is 2. The molecular formula is C17H23F4N3O2. The van der Waals surface area contributed by atoms with Crippen molar-refractivity contribution in [2.45, 2.75) is 26.6 Å². The normalized spacial score (nSPS) is 11.5. The molecule has 146 valence electrons. The maximum atomic E-state index is 13.1. The van der Waals surface area contributed by atoms with Gasteiger partial charge < -0.3 is 10.2 Å². The number of hydrogen-bond donors (Lipinski definition) is 1. The quantitative estimate of drug-likeness (QED) is 0.707. The summed E-state index contributed by atoms with van der Waals surface area (Å²) in [6, 6.07) is 2.30. The van der Waals surface area contributed by atoms with Gasteiger partial charge in [-0.05, 0) is 38.6 Å².